The number of hydrogen-bond acceptors (Lipinski definition) is 4. The van der Waals surface area contributed by atoms with Gasteiger partial charge in [0.05, 0.1) is 11.6 Å². The van der Waals surface area contributed by atoms with Gasteiger partial charge in [0.25, 0.3) is 5.91 Å². The average Bonchev–Trinajstić information content (AvgIpc) is 2.72. The molecule has 2 aromatic rings. The van der Waals surface area contributed by atoms with Crippen molar-refractivity contribution in [2.24, 2.45) is 0 Å². The van der Waals surface area contributed by atoms with Gasteiger partial charge in [-0.15, -0.1) is 0 Å². The van der Waals surface area contributed by atoms with E-state index in [1.54, 1.807) is 36.4 Å². The summed E-state index contributed by atoms with van der Waals surface area (Å²) < 4.78 is 12.0. The highest BCUT2D eigenvalue weighted by Gasteiger charge is 2.21. The Bertz CT molecular complexity index is 828. The van der Waals surface area contributed by atoms with E-state index in [1.165, 1.54) is 0 Å². The van der Waals surface area contributed by atoms with Crippen LogP contribution in [0, 0.1) is 11.3 Å². The van der Waals surface area contributed by atoms with Crippen molar-refractivity contribution in [2.45, 2.75) is 72.3 Å². The fraction of sp³-hybridized carbons (Fsp3) is 0.440. The third-order valence-electron chi connectivity index (χ3n) is 4.76. The predicted octanol–water partition coefficient (Wildman–Crippen LogP) is 5.79. The highest BCUT2D eigenvalue weighted by molar-refractivity contribution is 5.94. The monoisotopic (exact) mass is 408 g/mol. The molecule has 5 heteroatoms. The van der Waals surface area contributed by atoms with Gasteiger partial charge in [0.1, 0.15) is 11.5 Å². The lowest BCUT2D eigenvalue weighted by atomic mass is 10.1. The molecule has 30 heavy (non-hydrogen) atoms. The molecule has 1 amide bonds. The molecule has 0 heterocycles. The lowest BCUT2D eigenvalue weighted by Crippen LogP contribution is -2.42. The number of unbranched alkanes of at least 4 members (excludes halogenated alkanes) is 1. The Hall–Kier alpha value is -3.00. The number of hydrogen-bond donors (Lipinski definition) is 0. The molecule has 0 fully saturated rings. The Kier molecular flexibility index (Phi) is 8.73. The first-order valence-electron chi connectivity index (χ1n) is 10.6. The van der Waals surface area contributed by atoms with Crippen LogP contribution in [0.1, 0.15) is 69.8 Å². The fourth-order valence-corrected chi connectivity index (χ4v) is 3.31. The largest absolute Gasteiger partial charge is 0.455 e. The third-order valence-corrected chi connectivity index (χ3v) is 4.76. The molecule has 0 N–H and O–H groups in total. The number of ether oxygens (including phenoxy) is 2. The fourth-order valence-electron chi connectivity index (χ4n) is 3.31. The Morgan fingerprint density at radius 2 is 1.43 bits per heavy atom. The smallest absolute Gasteiger partial charge is 0.254 e. The van der Waals surface area contributed by atoms with Crippen molar-refractivity contribution in [2.75, 3.05) is 0 Å². The summed E-state index contributed by atoms with van der Waals surface area (Å²) in [5.41, 5.74) is 1.23. The van der Waals surface area contributed by atoms with Gasteiger partial charge in [0, 0.05) is 24.1 Å². The molecule has 0 bridgehead atoms. The van der Waals surface area contributed by atoms with Crippen LogP contribution in [0.15, 0.2) is 48.5 Å². The number of carbonyl (C=O) groups excluding carboxylic acids is 1. The van der Waals surface area contributed by atoms with E-state index in [4.69, 9.17) is 14.7 Å². The number of rotatable bonds is 10. The SMILES string of the molecule is CCCCC(Oc1ccc(C#N)cc1)Oc1ccc(C(=O)N(C(C)C)C(C)C)cc1. The van der Waals surface area contributed by atoms with Crippen molar-refractivity contribution in [1.82, 2.24) is 4.90 Å². The first kappa shape index (κ1) is 23.3. The molecule has 5 nitrogen and oxygen atoms in total. The zero-order valence-corrected chi connectivity index (χ0v) is 18.6. The molecule has 160 valence electrons. The summed E-state index contributed by atoms with van der Waals surface area (Å²) >= 11 is 0. The van der Waals surface area contributed by atoms with Gasteiger partial charge in [-0.1, -0.05) is 13.3 Å². The van der Waals surface area contributed by atoms with Crippen LogP contribution >= 0.6 is 0 Å². The zero-order valence-electron chi connectivity index (χ0n) is 18.6. The van der Waals surface area contributed by atoms with E-state index in [-0.39, 0.29) is 18.0 Å². The maximum Gasteiger partial charge on any atom is 0.254 e. The third kappa shape index (κ3) is 6.52. The number of nitriles is 1. The minimum Gasteiger partial charge on any atom is -0.455 e. The molecule has 0 radical (unpaired) electrons. The Labute approximate surface area is 180 Å². The molecule has 1 unspecified atom stereocenters. The normalized spacial score (nSPS) is 11.8. The van der Waals surface area contributed by atoms with Crippen molar-refractivity contribution in [3.05, 3.63) is 59.7 Å². The quantitative estimate of drug-likeness (QED) is 0.467. The van der Waals surface area contributed by atoms with E-state index >= 15 is 0 Å². The van der Waals surface area contributed by atoms with Gasteiger partial charge in [0.2, 0.25) is 6.29 Å². The standard InChI is InChI=1S/C25H32N2O3/c1-6-7-8-24(29-22-13-9-20(17-26)10-14-22)30-23-15-11-21(12-16-23)25(28)27(18(2)3)19(4)5/h9-16,18-19,24H,6-8H2,1-5H3. The molecule has 0 spiro atoms. The number of amides is 1. The topological polar surface area (TPSA) is 62.6 Å². The van der Waals surface area contributed by atoms with Crippen LogP contribution in [-0.2, 0) is 0 Å². The van der Waals surface area contributed by atoms with Gasteiger partial charge in [0.15, 0.2) is 0 Å². The summed E-state index contributed by atoms with van der Waals surface area (Å²) in [4.78, 5) is 14.7. The second kappa shape index (κ2) is 11.3. The van der Waals surface area contributed by atoms with Crippen LogP contribution in [0.5, 0.6) is 11.5 Å². The van der Waals surface area contributed by atoms with E-state index < -0.39 is 6.29 Å². The molecule has 2 aromatic carbocycles. The lowest BCUT2D eigenvalue weighted by Gasteiger charge is -2.31. The average molecular weight is 409 g/mol. The molecule has 0 saturated heterocycles. The van der Waals surface area contributed by atoms with Crippen molar-refractivity contribution in [3.63, 3.8) is 0 Å². The minimum atomic E-state index is -0.442. The Balaban J connectivity index is 2.10. The molecule has 2 rings (SSSR count). The summed E-state index contributed by atoms with van der Waals surface area (Å²) in [7, 11) is 0. The van der Waals surface area contributed by atoms with Crippen LogP contribution in [0.2, 0.25) is 0 Å². The molecule has 0 aliphatic heterocycles. The van der Waals surface area contributed by atoms with Crippen molar-refractivity contribution in [1.29, 1.82) is 5.26 Å². The van der Waals surface area contributed by atoms with Crippen LogP contribution in [0.3, 0.4) is 0 Å². The Morgan fingerprint density at radius 3 is 1.87 bits per heavy atom. The number of carbonyl (C=O) groups is 1. The minimum absolute atomic E-state index is 0.0166. The van der Waals surface area contributed by atoms with E-state index in [2.05, 4.69) is 13.0 Å². The lowest BCUT2D eigenvalue weighted by molar-refractivity contribution is -0.00212. The van der Waals surface area contributed by atoms with E-state index in [1.807, 2.05) is 44.7 Å². The second-order valence-corrected chi connectivity index (χ2v) is 7.87. The number of nitrogens with zero attached hydrogens (tertiary/aromatic N) is 2. The van der Waals surface area contributed by atoms with E-state index in [0.29, 0.717) is 22.6 Å². The van der Waals surface area contributed by atoms with Crippen molar-refractivity contribution >= 4 is 5.91 Å². The van der Waals surface area contributed by atoms with Gasteiger partial charge in [-0.05, 0) is 82.6 Å². The van der Waals surface area contributed by atoms with E-state index in [0.717, 1.165) is 19.3 Å². The van der Waals surface area contributed by atoms with Crippen LogP contribution in [0.25, 0.3) is 0 Å². The molecule has 0 saturated carbocycles. The van der Waals surface area contributed by atoms with Crippen molar-refractivity contribution in [3.8, 4) is 17.6 Å². The molecule has 1 atom stereocenters. The van der Waals surface area contributed by atoms with E-state index in [9.17, 15) is 4.79 Å². The number of benzene rings is 2. The maximum atomic E-state index is 12.8. The highest BCUT2D eigenvalue weighted by atomic mass is 16.7. The molecular formula is C25H32N2O3. The summed E-state index contributed by atoms with van der Waals surface area (Å²) in [6.45, 7) is 10.2. The zero-order chi connectivity index (χ0) is 22.1. The van der Waals surface area contributed by atoms with Crippen LogP contribution < -0.4 is 9.47 Å². The van der Waals surface area contributed by atoms with Gasteiger partial charge < -0.3 is 14.4 Å². The Morgan fingerprint density at radius 1 is 0.933 bits per heavy atom. The van der Waals surface area contributed by atoms with Gasteiger partial charge >= 0.3 is 0 Å². The van der Waals surface area contributed by atoms with Crippen LogP contribution in [0.4, 0.5) is 0 Å². The predicted molar refractivity (Wildman–Crippen MR) is 119 cm³/mol. The summed E-state index contributed by atoms with van der Waals surface area (Å²) in [5, 5.41) is 8.94. The van der Waals surface area contributed by atoms with Gasteiger partial charge in [-0.25, -0.2) is 0 Å². The summed E-state index contributed by atoms with van der Waals surface area (Å²) in [6.07, 6.45) is 2.30. The second-order valence-electron chi connectivity index (χ2n) is 7.87. The molecule has 0 aliphatic carbocycles. The summed E-state index contributed by atoms with van der Waals surface area (Å²) in [6, 6.07) is 16.6. The van der Waals surface area contributed by atoms with Crippen molar-refractivity contribution < 1.29 is 14.3 Å². The first-order valence-corrected chi connectivity index (χ1v) is 10.6. The van der Waals surface area contributed by atoms with Gasteiger partial charge in [-0.2, -0.15) is 5.26 Å². The van der Waals surface area contributed by atoms with Gasteiger partial charge in [-0.3, -0.25) is 4.79 Å². The first-order chi connectivity index (χ1) is 14.3. The molecular weight excluding hydrogens is 376 g/mol. The highest BCUT2D eigenvalue weighted by Crippen LogP contribution is 2.21. The molecule has 0 aromatic heterocycles. The van der Waals surface area contributed by atoms with Crippen LogP contribution in [-0.4, -0.2) is 29.2 Å². The maximum absolute atomic E-state index is 12.8. The summed E-state index contributed by atoms with van der Waals surface area (Å²) in [5.74, 6) is 1.33. The molecule has 0 aliphatic rings.